The maximum atomic E-state index is 14.6. The number of alkyl halides is 1. The van der Waals surface area contributed by atoms with Crippen molar-refractivity contribution in [2.75, 3.05) is 0 Å². The first-order chi connectivity index (χ1) is 18.6. The van der Waals surface area contributed by atoms with Gasteiger partial charge >= 0.3 is 0 Å². The number of fused-ring (bicyclic) bond motifs is 7. The molecule has 1 aromatic rings. The zero-order valence-electron chi connectivity index (χ0n) is 25.0. The molecule has 1 aromatic heterocycles. The van der Waals surface area contributed by atoms with Gasteiger partial charge in [0.15, 0.2) is 18.2 Å². The Balaban J connectivity index is 1.53. The maximum absolute atomic E-state index is 14.6. The Bertz CT molecular complexity index is 1410. The highest BCUT2D eigenvalue weighted by Gasteiger charge is 2.70. The predicted molar refractivity (Wildman–Crippen MR) is 147 cm³/mol. The molecule has 6 rings (SSSR count). The molecule has 0 unspecified atom stereocenters. The highest BCUT2D eigenvalue weighted by molar-refractivity contribution is 6.04. The van der Waals surface area contributed by atoms with Crippen LogP contribution in [0.3, 0.4) is 0 Å². The Morgan fingerprint density at radius 2 is 1.75 bits per heavy atom. The summed E-state index contributed by atoms with van der Waals surface area (Å²) in [5, 5.41) is 13.8. The number of Topliss-reactive ketones (excluding diaryl/α,β-unsaturated/α-hetero) is 1. The van der Waals surface area contributed by atoms with Crippen LogP contribution < -0.4 is 0 Å². The summed E-state index contributed by atoms with van der Waals surface area (Å²) in [7, 11) is 0. The summed E-state index contributed by atoms with van der Waals surface area (Å²) in [6.45, 7) is 14.5. The third-order valence-electron chi connectivity index (χ3n) is 12.9. The molecule has 5 aliphatic rings. The van der Waals surface area contributed by atoms with Crippen molar-refractivity contribution < 1.29 is 18.5 Å². The summed E-state index contributed by atoms with van der Waals surface area (Å²) in [4.78, 5) is 32.3. The molecule has 3 fully saturated rings. The minimum Gasteiger partial charge on any atom is -0.339 e. The van der Waals surface area contributed by atoms with Crippen LogP contribution in [-0.2, 0) is 21.7 Å². The van der Waals surface area contributed by atoms with Crippen molar-refractivity contribution in [3.63, 3.8) is 0 Å². The molecule has 0 spiro atoms. The van der Waals surface area contributed by atoms with Gasteiger partial charge < -0.3 is 4.52 Å². The second-order valence-corrected chi connectivity index (χ2v) is 15.6. The van der Waals surface area contributed by atoms with E-state index in [9.17, 15) is 19.2 Å². The van der Waals surface area contributed by atoms with Crippen molar-refractivity contribution in [3.05, 3.63) is 35.0 Å². The number of nitrogens with zero attached hydrogens (tertiary/aromatic N) is 3. The van der Waals surface area contributed by atoms with Crippen molar-refractivity contribution in [3.8, 4) is 6.07 Å². The Hall–Kier alpha value is -2.62. The largest absolute Gasteiger partial charge is 0.339 e. The molecule has 0 amide bonds. The first-order valence-corrected chi connectivity index (χ1v) is 14.9. The lowest BCUT2D eigenvalue weighted by atomic mass is 9.34. The number of carbonyl (C=O) groups is 2. The second-order valence-electron chi connectivity index (χ2n) is 15.6. The van der Waals surface area contributed by atoms with E-state index in [0.29, 0.717) is 5.89 Å². The van der Waals surface area contributed by atoms with Gasteiger partial charge in [0.05, 0.1) is 11.0 Å². The fourth-order valence-electron chi connectivity index (χ4n) is 10.5. The first kappa shape index (κ1) is 27.5. The van der Waals surface area contributed by atoms with E-state index in [0.717, 1.165) is 50.5 Å². The van der Waals surface area contributed by atoms with Crippen LogP contribution in [0.2, 0.25) is 0 Å². The molecule has 0 saturated heterocycles. The molecular weight excluding hydrogens is 505 g/mol. The monoisotopic (exact) mass is 547 g/mol. The lowest BCUT2D eigenvalue weighted by molar-refractivity contribution is -0.161. The molecule has 0 N–H and O–H groups in total. The Morgan fingerprint density at radius 3 is 2.40 bits per heavy atom. The van der Waals surface area contributed by atoms with Gasteiger partial charge in [-0.15, -0.1) is 0 Å². The SMILES string of the molecule is CC1(C)CC[C@]2(c3nc(CF)no3)CC[C@]3(C)[C@H](C(=O)C=C4[C@@]5(C)C=C(C#N)C(=O)C(C)(C)[C@@H]5CC[C@]43C)[C@@H]2C1. The van der Waals surface area contributed by atoms with Gasteiger partial charge in [0.2, 0.25) is 11.7 Å². The number of carbonyl (C=O) groups excluding carboxylic acids is 2. The van der Waals surface area contributed by atoms with E-state index in [-0.39, 0.29) is 57.0 Å². The fourth-order valence-corrected chi connectivity index (χ4v) is 10.5. The van der Waals surface area contributed by atoms with E-state index in [1.165, 1.54) is 0 Å². The standard InChI is InChI=1S/C33H42FN3O3/c1-28(2)10-12-33(27-36-24(17-34)37-40-27)13-11-32(7)25(20(33)16-28)21(38)14-23-30(5)15-19(18-35)26(39)29(3,4)22(30)8-9-31(23,32)6/h14-15,20,22,25H,8-13,16-17H2,1-7H3/t20-,22-,25-,30-,31+,32+,33-/m0/s1. The molecule has 6 nitrogen and oxygen atoms in total. The molecular formula is C33H42FN3O3. The van der Waals surface area contributed by atoms with Gasteiger partial charge in [-0.3, -0.25) is 9.59 Å². The van der Waals surface area contributed by atoms with Crippen molar-refractivity contribution in [2.45, 2.75) is 106 Å². The number of rotatable bonds is 2. The van der Waals surface area contributed by atoms with Crippen LogP contribution in [0.5, 0.6) is 0 Å². The zero-order chi connectivity index (χ0) is 29.1. The van der Waals surface area contributed by atoms with Crippen LogP contribution in [0.15, 0.2) is 27.8 Å². The van der Waals surface area contributed by atoms with E-state index in [4.69, 9.17) is 4.52 Å². The van der Waals surface area contributed by atoms with Gasteiger partial charge in [-0.2, -0.15) is 10.2 Å². The first-order valence-electron chi connectivity index (χ1n) is 14.9. The van der Waals surface area contributed by atoms with Crippen molar-refractivity contribution in [1.82, 2.24) is 10.1 Å². The van der Waals surface area contributed by atoms with Crippen molar-refractivity contribution in [1.29, 1.82) is 5.26 Å². The molecule has 7 heteroatoms. The molecule has 0 aliphatic heterocycles. The summed E-state index contributed by atoms with van der Waals surface area (Å²) < 4.78 is 19.2. The molecule has 1 heterocycles. The lowest BCUT2D eigenvalue weighted by Crippen LogP contribution is -2.65. The number of hydrogen-bond donors (Lipinski definition) is 0. The van der Waals surface area contributed by atoms with Gasteiger partial charge in [-0.25, -0.2) is 4.39 Å². The molecule has 214 valence electrons. The Morgan fingerprint density at radius 1 is 1.05 bits per heavy atom. The summed E-state index contributed by atoms with van der Waals surface area (Å²) in [5.74, 6) is 0.415. The van der Waals surface area contributed by atoms with Crippen LogP contribution in [0.25, 0.3) is 0 Å². The molecule has 7 atom stereocenters. The average molecular weight is 548 g/mol. The van der Waals surface area contributed by atoms with Crippen LogP contribution >= 0.6 is 0 Å². The van der Waals surface area contributed by atoms with Crippen LogP contribution in [0.4, 0.5) is 4.39 Å². The van der Waals surface area contributed by atoms with Gasteiger partial charge in [-0.1, -0.05) is 65.3 Å². The van der Waals surface area contributed by atoms with E-state index in [1.807, 2.05) is 26.0 Å². The molecule has 0 aromatic carbocycles. The number of halogens is 1. The van der Waals surface area contributed by atoms with Crippen LogP contribution in [-0.4, -0.2) is 21.7 Å². The summed E-state index contributed by atoms with van der Waals surface area (Å²) in [6, 6.07) is 2.18. The number of ketones is 2. The number of hydrogen-bond acceptors (Lipinski definition) is 6. The normalized spacial score (nSPS) is 43.3. The van der Waals surface area contributed by atoms with Crippen molar-refractivity contribution >= 4 is 11.6 Å². The smallest absolute Gasteiger partial charge is 0.233 e. The topological polar surface area (TPSA) is 96.8 Å². The lowest BCUT2D eigenvalue weighted by Gasteiger charge is -2.68. The average Bonchev–Trinajstić information content (AvgIpc) is 3.37. The third-order valence-corrected chi connectivity index (χ3v) is 12.9. The molecule has 5 aliphatic carbocycles. The highest BCUT2D eigenvalue weighted by atomic mass is 19.1. The number of nitriles is 1. The second kappa shape index (κ2) is 8.23. The fraction of sp³-hybridized carbons (Fsp3) is 0.727. The summed E-state index contributed by atoms with van der Waals surface area (Å²) in [6.07, 6.45) is 9.88. The zero-order valence-corrected chi connectivity index (χ0v) is 25.0. The Labute approximate surface area is 236 Å². The van der Waals surface area contributed by atoms with Crippen LogP contribution in [0.1, 0.15) is 105 Å². The van der Waals surface area contributed by atoms with Gasteiger partial charge in [-0.05, 0) is 79.1 Å². The summed E-state index contributed by atoms with van der Waals surface area (Å²) in [5.41, 5.74) is -0.913. The number of allylic oxidation sites excluding steroid dienone is 4. The molecule has 0 bridgehead atoms. The van der Waals surface area contributed by atoms with E-state index in [1.54, 1.807) is 0 Å². The van der Waals surface area contributed by atoms with E-state index < -0.39 is 22.9 Å². The van der Waals surface area contributed by atoms with Gasteiger partial charge in [0.1, 0.15) is 6.07 Å². The van der Waals surface area contributed by atoms with E-state index >= 15 is 0 Å². The van der Waals surface area contributed by atoms with Crippen molar-refractivity contribution in [2.24, 2.45) is 44.8 Å². The van der Waals surface area contributed by atoms with Gasteiger partial charge in [0, 0.05) is 16.7 Å². The number of aromatic nitrogens is 2. The molecule has 3 saturated carbocycles. The quantitative estimate of drug-likeness (QED) is 0.395. The van der Waals surface area contributed by atoms with Crippen LogP contribution in [0, 0.1) is 56.2 Å². The predicted octanol–water partition coefficient (Wildman–Crippen LogP) is 7.01. The third kappa shape index (κ3) is 3.25. The van der Waals surface area contributed by atoms with E-state index in [2.05, 4.69) is 50.8 Å². The Kier molecular flexibility index (Phi) is 5.67. The maximum Gasteiger partial charge on any atom is 0.233 e. The summed E-state index contributed by atoms with van der Waals surface area (Å²) >= 11 is 0. The van der Waals surface area contributed by atoms with Gasteiger partial charge in [0.25, 0.3) is 0 Å². The molecule has 0 radical (unpaired) electrons. The minimum atomic E-state index is -0.767. The highest BCUT2D eigenvalue weighted by Crippen LogP contribution is 2.74. The minimum absolute atomic E-state index is 0.00477. The molecule has 40 heavy (non-hydrogen) atoms.